The first kappa shape index (κ1) is 69.3. The van der Waals surface area contributed by atoms with Crippen molar-refractivity contribution in [1.29, 1.82) is 0 Å². The van der Waals surface area contributed by atoms with E-state index in [-0.39, 0.29) is 6.61 Å². The number of rotatable bonds is 28. The highest BCUT2D eigenvalue weighted by atomic mass is 31.2. The lowest BCUT2D eigenvalue weighted by atomic mass is 9.85. The molecule has 32 nitrogen and oxygen atoms in total. The number of nitrogens with one attached hydrogen (secondary N) is 2. The Labute approximate surface area is 465 Å². The van der Waals surface area contributed by atoms with E-state index in [1.54, 1.807) is 13.0 Å². The fourth-order valence-corrected chi connectivity index (χ4v) is 9.86. The number of primary amides is 2. The summed E-state index contributed by atoms with van der Waals surface area (Å²) in [5.41, 5.74) is 11.3. The average molecular weight is 1190 g/mol. The topological polar surface area (TPSA) is 503 Å². The maximum Gasteiger partial charge on any atom is 0.474 e. The lowest BCUT2D eigenvalue weighted by molar-refractivity contribution is -0.371. The summed E-state index contributed by atoms with van der Waals surface area (Å²) in [5, 5.41) is 112. The molecule has 4 rings (SSSR count). The summed E-state index contributed by atoms with van der Waals surface area (Å²) in [5.74, 6) is -4.94. The summed E-state index contributed by atoms with van der Waals surface area (Å²) >= 11 is 0. The van der Waals surface area contributed by atoms with Gasteiger partial charge >= 0.3 is 19.9 Å². The molecular formula is C48H79N4O28P. The Morgan fingerprint density at radius 1 is 0.679 bits per heavy atom. The van der Waals surface area contributed by atoms with Crippen LogP contribution in [0.15, 0.2) is 34.9 Å². The van der Waals surface area contributed by atoms with Crippen LogP contribution in [0.2, 0.25) is 0 Å². The van der Waals surface area contributed by atoms with E-state index < -0.39 is 192 Å². The van der Waals surface area contributed by atoms with Gasteiger partial charge in [0.05, 0.1) is 33.0 Å². The minimum absolute atomic E-state index is 0.295. The maximum atomic E-state index is 13.8. The van der Waals surface area contributed by atoms with Gasteiger partial charge in [0.1, 0.15) is 78.7 Å². The molecule has 4 fully saturated rings. The van der Waals surface area contributed by atoms with E-state index in [0.29, 0.717) is 12.8 Å². The van der Waals surface area contributed by atoms with Crippen molar-refractivity contribution in [2.75, 3.05) is 33.0 Å². The third-order valence-corrected chi connectivity index (χ3v) is 14.3. The normalized spacial score (nSPS) is 36.8. The van der Waals surface area contributed by atoms with Crippen LogP contribution in [0.3, 0.4) is 0 Å². The highest BCUT2D eigenvalue weighted by molar-refractivity contribution is 7.47. The van der Waals surface area contributed by atoms with Crippen molar-refractivity contribution in [3.63, 3.8) is 0 Å². The molecule has 0 bridgehead atoms. The zero-order chi connectivity index (χ0) is 60.8. The van der Waals surface area contributed by atoms with Crippen molar-refractivity contribution in [1.82, 2.24) is 10.6 Å². The molecule has 0 radical (unpaired) electrons. The molecule has 0 spiro atoms. The van der Waals surface area contributed by atoms with Gasteiger partial charge in [-0.05, 0) is 60.3 Å². The number of carboxylic acids is 1. The van der Waals surface area contributed by atoms with Crippen LogP contribution in [0.1, 0.15) is 74.1 Å². The molecule has 81 heavy (non-hydrogen) atoms. The highest BCUT2D eigenvalue weighted by Gasteiger charge is 2.62. The Bertz CT molecular complexity index is 2250. The van der Waals surface area contributed by atoms with E-state index in [9.17, 15) is 84.5 Å². The number of phosphoric ester groups is 1. The second kappa shape index (κ2) is 31.1. The first-order valence-corrected chi connectivity index (χ1v) is 27.1. The summed E-state index contributed by atoms with van der Waals surface area (Å²) in [6.07, 6.45) is -29.7. The first-order chi connectivity index (χ1) is 37.8. The predicted octanol–water partition coefficient (Wildman–Crippen LogP) is -4.44. The molecule has 0 aromatic carbocycles. The average Bonchev–Trinajstić information content (AvgIpc) is 3.58. The Balaban J connectivity index is 1.72. The standard InChI is InChI=1S/C48H79N4O28P/c1-20(2)10-8-11-21(3)12-9-13-22(4)14-15-70-28(42(64)65)19-72-81(68,69)80-46-38(39(79-47(50)66)48(7,67)40(78-46)41(49)63)77-44-30(52-24(6)56)34(60)37(76-43-29(51-23(5)55)33(59)31(57)25(16-53)73-43)27(75-44)18-71-45-36(62)35(61)32(58)26(17-54)74-45/h10,12,14,25-40,43-46,53-54,57-62,67H,8-9,11,13,15-19H2,1-7H3,(H2,49,63)(H2,50,66)(H,51,55)(H,52,56)(H,64,65)(H,68,69)/b21-12+,22-14-/t25-,26-,27-,28-,29-,30-,31-,32-,33-,34-,35+,36-,37-,38-,39-,40-,43+,44+,45?,46-,48+/m1/s1. The minimum atomic E-state index is -5.74. The number of aliphatic hydroxyl groups excluding tert-OH is 8. The molecule has 0 aliphatic carbocycles. The van der Waals surface area contributed by atoms with Gasteiger partial charge in [-0.15, -0.1) is 0 Å². The summed E-state index contributed by atoms with van der Waals surface area (Å²) in [4.78, 5) is 74.0. The summed E-state index contributed by atoms with van der Waals surface area (Å²) in [6.45, 7) is 6.26. The van der Waals surface area contributed by atoms with Gasteiger partial charge in [-0.3, -0.25) is 23.4 Å². The molecular weight excluding hydrogens is 1110 g/mol. The number of carboxylic acid groups (broad SMARTS) is 1. The minimum Gasteiger partial charge on any atom is -0.479 e. The summed E-state index contributed by atoms with van der Waals surface area (Å²) in [7, 11) is -5.74. The van der Waals surface area contributed by atoms with Gasteiger partial charge in [0.15, 0.2) is 49.6 Å². The number of aliphatic hydroxyl groups is 9. The third-order valence-electron chi connectivity index (χ3n) is 13.3. The van der Waals surface area contributed by atoms with Crippen LogP contribution in [0.4, 0.5) is 4.79 Å². The van der Waals surface area contributed by atoms with E-state index in [4.69, 9.17) is 63.1 Å². The van der Waals surface area contributed by atoms with E-state index in [2.05, 4.69) is 22.8 Å². The highest BCUT2D eigenvalue weighted by Crippen LogP contribution is 2.49. The number of amides is 4. The van der Waals surface area contributed by atoms with Gasteiger partial charge < -0.3 is 121 Å². The molecule has 464 valence electrons. The van der Waals surface area contributed by atoms with Crippen LogP contribution in [0.25, 0.3) is 0 Å². The van der Waals surface area contributed by atoms with E-state index in [1.165, 1.54) is 11.1 Å². The van der Waals surface area contributed by atoms with E-state index in [0.717, 1.165) is 39.2 Å². The lowest BCUT2D eigenvalue weighted by Gasteiger charge is -2.51. The van der Waals surface area contributed by atoms with Gasteiger partial charge in [0.2, 0.25) is 17.7 Å². The molecule has 2 unspecified atom stereocenters. The van der Waals surface area contributed by atoms with Gasteiger partial charge in [-0.2, -0.15) is 0 Å². The molecule has 17 N–H and O–H groups in total. The number of allylic oxidation sites excluding steroid dienone is 5. The second-order valence-electron chi connectivity index (χ2n) is 20.3. The van der Waals surface area contributed by atoms with Gasteiger partial charge in [0, 0.05) is 13.8 Å². The van der Waals surface area contributed by atoms with E-state index >= 15 is 0 Å². The summed E-state index contributed by atoms with van der Waals surface area (Å²) in [6, 6.07) is -3.69. The van der Waals surface area contributed by atoms with Crippen LogP contribution in [0, 0.1) is 0 Å². The molecule has 4 aliphatic rings. The number of ether oxygens (including phenoxy) is 9. The van der Waals surface area contributed by atoms with Gasteiger partial charge in [-0.1, -0.05) is 34.9 Å². The number of carbonyl (C=O) groups is 5. The molecule has 0 aromatic heterocycles. The number of hydrogen-bond acceptors (Lipinski definition) is 26. The van der Waals surface area contributed by atoms with Crippen LogP contribution >= 0.6 is 7.82 Å². The van der Waals surface area contributed by atoms with Crippen molar-refractivity contribution in [2.45, 2.75) is 202 Å². The largest absolute Gasteiger partial charge is 0.479 e. The van der Waals surface area contributed by atoms with Gasteiger partial charge in [0.25, 0.3) is 0 Å². The lowest BCUT2D eigenvalue weighted by Crippen LogP contribution is -2.72. The Hall–Kier alpha value is -4.20. The molecule has 4 aliphatic heterocycles. The Kier molecular flexibility index (Phi) is 26.6. The molecule has 0 aromatic rings. The van der Waals surface area contributed by atoms with Crippen LogP contribution in [-0.4, -0.2) is 247 Å². The number of hydrogen-bond donors (Lipinski definition) is 15. The van der Waals surface area contributed by atoms with Crippen molar-refractivity contribution in [3.8, 4) is 0 Å². The molecule has 4 heterocycles. The number of aliphatic carboxylic acids is 1. The van der Waals surface area contributed by atoms with Crippen LogP contribution in [0.5, 0.6) is 0 Å². The van der Waals surface area contributed by atoms with Crippen molar-refractivity contribution in [2.24, 2.45) is 11.5 Å². The molecule has 33 heteroatoms. The number of carbonyl (C=O) groups excluding carboxylic acids is 4. The fourth-order valence-electron chi connectivity index (χ4n) is 9.04. The Morgan fingerprint density at radius 3 is 1.73 bits per heavy atom. The second-order valence-corrected chi connectivity index (χ2v) is 21.7. The third kappa shape index (κ3) is 19.4. The first-order valence-electron chi connectivity index (χ1n) is 25.6. The van der Waals surface area contributed by atoms with Crippen molar-refractivity contribution >= 4 is 37.6 Å². The monoisotopic (exact) mass is 1190 g/mol. The van der Waals surface area contributed by atoms with Crippen LogP contribution < -0.4 is 22.1 Å². The van der Waals surface area contributed by atoms with Crippen molar-refractivity contribution < 1.29 is 136 Å². The molecule has 4 saturated heterocycles. The van der Waals surface area contributed by atoms with Gasteiger partial charge in [-0.25, -0.2) is 14.2 Å². The maximum absolute atomic E-state index is 13.8. The fraction of sp³-hybridized carbons (Fsp3) is 0.771. The van der Waals surface area contributed by atoms with Crippen LogP contribution in [-0.2, 0) is 75.4 Å². The summed E-state index contributed by atoms with van der Waals surface area (Å²) < 4.78 is 75.6. The SMILES string of the molecule is CC(=O)N[C@H]1[C@H](O[C@H]2[C@@H](OP(=O)(O)OC[C@@H](OC/C=C(/C)CC/C=C(\C)CCC=C(C)C)C(=O)O)O[C@H](C(N)=O)[C@@](C)(O)[C@@H]2OC(N)=O)O[C@H](COC2O[C@H](CO)[C@@H](O)[C@H](O)[C@H]2O)[C@@H](O[C@@H]2O[C@H](CO)[C@@H](O)[C@H](O)[C@H]2NC(C)=O)[C@@H]1O. The molecule has 22 atom stereocenters. The van der Waals surface area contributed by atoms with Crippen molar-refractivity contribution in [3.05, 3.63) is 34.9 Å². The zero-order valence-electron chi connectivity index (χ0n) is 45.6. The van der Waals surface area contributed by atoms with E-state index in [1.807, 2.05) is 20.8 Å². The number of nitrogens with two attached hydrogens (primary N) is 2. The zero-order valence-corrected chi connectivity index (χ0v) is 46.5. The number of phosphoric acid groups is 1. The Morgan fingerprint density at radius 2 is 1.20 bits per heavy atom. The predicted molar refractivity (Wildman–Crippen MR) is 270 cm³/mol. The smallest absolute Gasteiger partial charge is 0.474 e. The quantitative estimate of drug-likeness (QED) is 0.0260. The molecule has 4 amide bonds. The molecule has 0 saturated carbocycles.